The molecular weight excluding hydrogens is 274 g/mol. The fraction of sp³-hybridized carbons (Fsp3) is 0.357. The Hall–Kier alpha value is -1.82. The van der Waals surface area contributed by atoms with Gasteiger partial charge in [0.2, 0.25) is 0 Å². The van der Waals surface area contributed by atoms with Crippen LogP contribution in [-0.4, -0.2) is 23.7 Å². The molecule has 1 heterocycles. The number of imidazole rings is 1. The first-order valence-electron chi connectivity index (χ1n) is 6.63. The Morgan fingerprint density at radius 3 is 2.70 bits per heavy atom. The van der Waals surface area contributed by atoms with Gasteiger partial charge in [-0.3, -0.25) is 0 Å². The van der Waals surface area contributed by atoms with Crippen molar-refractivity contribution < 1.29 is 8.42 Å². The number of hydrogen-bond donors (Lipinski definition) is 1. The highest BCUT2D eigenvalue weighted by Gasteiger charge is 2.15. The zero-order chi connectivity index (χ0) is 14.6. The van der Waals surface area contributed by atoms with E-state index in [1.807, 2.05) is 17.6 Å². The van der Waals surface area contributed by atoms with Gasteiger partial charge in [0.15, 0.2) is 9.84 Å². The number of aromatic nitrogens is 2. The van der Waals surface area contributed by atoms with Crippen molar-refractivity contribution >= 4 is 15.5 Å². The smallest absolute Gasteiger partial charge is 0.180 e. The van der Waals surface area contributed by atoms with E-state index in [0.717, 1.165) is 12.2 Å². The number of sulfone groups is 1. The van der Waals surface area contributed by atoms with Crippen molar-refractivity contribution in [3.8, 4) is 0 Å². The quantitative estimate of drug-likeness (QED) is 0.887. The monoisotopic (exact) mass is 293 g/mol. The Kier molecular flexibility index (Phi) is 4.44. The highest BCUT2D eigenvalue weighted by Crippen LogP contribution is 2.22. The lowest BCUT2D eigenvalue weighted by Crippen LogP contribution is -2.11. The highest BCUT2D eigenvalue weighted by atomic mass is 32.2. The van der Waals surface area contributed by atoms with Gasteiger partial charge in [0.1, 0.15) is 0 Å². The molecule has 6 heteroatoms. The molecule has 0 amide bonds. The molecule has 1 N–H and O–H groups in total. The number of rotatable bonds is 6. The van der Waals surface area contributed by atoms with E-state index in [1.165, 1.54) is 0 Å². The summed E-state index contributed by atoms with van der Waals surface area (Å²) in [4.78, 5) is 4.45. The molecule has 0 aliphatic rings. The molecule has 5 nitrogen and oxygen atoms in total. The number of nitrogens with zero attached hydrogens (tertiary/aromatic N) is 2. The SMILES string of the molecule is CCn1cncc1CNc1ccccc1S(=O)(=O)CC. The van der Waals surface area contributed by atoms with Crippen molar-refractivity contribution in [1.82, 2.24) is 9.55 Å². The van der Waals surface area contributed by atoms with Crippen LogP contribution in [0.2, 0.25) is 0 Å². The molecule has 2 aromatic rings. The second kappa shape index (κ2) is 6.09. The van der Waals surface area contributed by atoms with E-state index >= 15 is 0 Å². The van der Waals surface area contributed by atoms with Gasteiger partial charge in [-0.15, -0.1) is 0 Å². The normalized spacial score (nSPS) is 11.5. The Morgan fingerprint density at radius 2 is 2.00 bits per heavy atom. The molecule has 0 spiro atoms. The van der Waals surface area contributed by atoms with E-state index in [4.69, 9.17) is 0 Å². The lowest BCUT2D eigenvalue weighted by molar-refractivity contribution is 0.597. The Labute approximate surface area is 119 Å². The lowest BCUT2D eigenvalue weighted by Gasteiger charge is -2.12. The molecule has 0 aliphatic heterocycles. The number of nitrogens with one attached hydrogen (secondary N) is 1. The molecule has 0 aliphatic carbocycles. The molecule has 0 saturated heterocycles. The fourth-order valence-corrected chi connectivity index (χ4v) is 3.08. The second-order valence-corrected chi connectivity index (χ2v) is 6.67. The summed E-state index contributed by atoms with van der Waals surface area (Å²) in [6.45, 7) is 5.08. The number of aryl methyl sites for hydroxylation is 1. The third-order valence-electron chi connectivity index (χ3n) is 3.20. The maximum Gasteiger partial charge on any atom is 0.180 e. The molecule has 0 fully saturated rings. The van der Waals surface area contributed by atoms with Crippen LogP contribution in [0.25, 0.3) is 0 Å². The summed E-state index contributed by atoms with van der Waals surface area (Å²) in [6, 6.07) is 6.99. The highest BCUT2D eigenvalue weighted by molar-refractivity contribution is 7.91. The van der Waals surface area contributed by atoms with Gasteiger partial charge in [0, 0.05) is 12.7 Å². The summed E-state index contributed by atoms with van der Waals surface area (Å²) < 4.78 is 26.1. The van der Waals surface area contributed by atoms with Gasteiger partial charge >= 0.3 is 0 Å². The van der Waals surface area contributed by atoms with E-state index in [0.29, 0.717) is 17.1 Å². The molecule has 2 rings (SSSR count). The zero-order valence-electron chi connectivity index (χ0n) is 11.7. The molecule has 0 unspecified atom stereocenters. The summed E-state index contributed by atoms with van der Waals surface area (Å²) in [6.07, 6.45) is 3.55. The Balaban J connectivity index is 2.23. The molecule has 0 saturated carbocycles. The van der Waals surface area contributed by atoms with Crippen molar-refractivity contribution in [2.75, 3.05) is 11.1 Å². The molecule has 1 aromatic heterocycles. The van der Waals surface area contributed by atoms with Gasteiger partial charge in [-0.25, -0.2) is 13.4 Å². The maximum absolute atomic E-state index is 12.0. The van der Waals surface area contributed by atoms with Gasteiger partial charge in [0.05, 0.1) is 34.9 Å². The van der Waals surface area contributed by atoms with Crippen molar-refractivity contribution in [3.63, 3.8) is 0 Å². The standard InChI is InChI=1S/C14H19N3O2S/c1-3-17-11-15-9-12(17)10-16-13-7-5-6-8-14(13)20(18,19)4-2/h5-9,11,16H,3-4,10H2,1-2H3. The minimum absolute atomic E-state index is 0.0958. The third kappa shape index (κ3) is 3.01. The van der Waals surface area contributed by atoms with Gasteiger partial charge in [-0.2, -0.15) is 0 Å². The predicted molar refractivity (Wildman–Crippen MR) is 79.4 cm³/mol. The van der Waals surface area contributed by atoms with Crippen LogP contribution in [0.1, 0.15) is 19.5 Å². The lowest BCUT2D eigenvalue weighted by atomic mass is 10.3. The molecule has 0 atom stereocenters. The van der Waals surface area contributed by atoms with Crippen molar-refractivity contribution in [1.29, 1.82) is 0 Å². The first-order valence-corrected chi connectivity index (χ1v) is 8.28. The summed E-state index contributed by atoms with van der Waals surface area (Å²) in [5, 5.41) is 3.19. The third-order valence-corrected chi connectivity index (χ3v) is 4.99. The largest absolute Gasteiger partial charge is 0.378 e. The zero-order valence-corrected chi connectivity index (χ0v) is 12.5. The average Bonchev–Trinajstić information content (AvgIpc) is 2.93. The van der Waals surface area contributed by atoms with Crippen LogP contribution in [0.4, 0.5) is 5.69 Å². The van der Waals surface area contributed by atoms with E-state index < -0.39 is 9.84 Å². The summed E-state index contributed by atoms with van der Waals surface area (Å²) in [5.41, 5.74) is 1.66. The average molecular weight is 293 g/mol. The van der Waals surface area contributed by atoms with Crippen LogP contribution in [-0.2, 0) is 22.9 Å². The van der Waals surface area contributed by atoms with Crippen LogP contribution in [0.3, 0.4) is 0 Å². The first-order chi connectivity index (χ1) is 9.58. The van der Waals surface area contributed by atoms with Gasteiger partial charge < -0.3 is 9.88 Å². The molecular formula is C14H19N3O2S. The Bertz CT molecular complexity index is 677. The van der Waals surface area contributed by atoms with E-state index in [9.17, 15) is 8.42 Å². The molecule has 1 aromatic carbocycles. The fourth-order valence-electron chi connectivity index (χ4n) is 2.01. The molecule has 0 bridgehead atoms. The van der Waals surface area contributed by atoms with Gasteiger partial charge in [0.25, 0.3) is 0 Å². The summed E-state index contributed by atoms with van der Waals surface area (Å²) in [5.74, 6) is 0.0958. The number of hydrogen-bond acceptors (Lipinski definition) is 4. The van der Waals surface area contributed by atoms with E-state index in [2.05, 4.69) is 10.3 Å². The second-order valence-electron chi connectivity index (χ2n) is 4.42. The van der Waals surface area contributed by atoms with E-state index in [-0.39, 0.29) is 5.75 Å². The minimum Gasteiger partial charge on any atom is -0.378 e. The minimum atomic E-state index is -3.22. The number of anilines is 1. The summed E-state index contributed by atoms with van der Waals surface area (Å²) >= 11 is 0. The van der Waals surface area contributed by atoms with Crippen LogP contribution >= 0.6 is 0 Å². The van der Waals surface area contributed by atoms with Crippen LogP contribution < -0.4 is 5.32 Å². The first kappa shape index (κ1) is 14.6. The summed E-state index contributed by atoms with van der Waals surface area (Å²) in [7, 11) is -3.22. The topological polar surface area (TPSA) is 64.0 Å². The maximum atomic E-state index is 12.0. The van der Waals surface area contributed by atoms with Crippen LogP contribution in [0, 0.1) is 0 Å². The number of para-hydroxylation sites is 1. The van der Waals surface area contributed by atoms with Crippen molar-refractivity contribution in [2.24, 2.45) is 0 Å². The Morgan fingerprint density at radius 1 is 1.25 bits per heavy atom. The molecule has 108 valence electrons. The van der Waals surface area contributed by atoms with Crippen LogP contribution in [0.15, 0.2) is 41.7 Å². The van der Waals surface area contributed by atoms with Gasteiger partial charge in [-0.1, -0.05) is 19.1 Å². The predicted octanol–water partition coefficient (Wildman–Crippen LogP) is 2.31. The van der Waals surface area contributed by atoms with Gasteiger partial charge in [-0.05, 0) is 19.1 Å². The molecule has 0 radical (unpaired) electrons. The van der Waals surface area contributed by atoms with Crippen molar-refractivity contribution in [2.45, 2.75) is 31.8 Å². The van der Waals surface area contributed by atoms with E-state index in [1.54, 1.807) is 37.6 Å². The number of benzene rings is 1. The molecule has 20 heavy (non-hydrogen) atoms. The van der Waals surface area contributed by atoms with Crippen LogP contribution in [0.5, 0.6) is 0 Å². The van der Waals surface area contributed by atoms with Crippen molar-refractivity contribution in [3.05, 3.63) is 42.5 Å².